The van der Waals surface area contributed by atoms with E-state index in [1.54, 1.807) is 0 Å². The van der Waals surface area contributed by atoms with Gasteiger partial charge in [0.2, 0.25) is 0 Å². The fourth-order valence-electron chi connectivity index (χ4n) is 2.41. The summed E-state index contributed by atoms with van der Waals surface area (Å²) in [6, 6.07) is 5.00. The second kappa shape index (κ2) is 6.87. The maximum Gasteiger partial charge on any atom is 0.133 e. The molecule has 4 nitrogen and oxygen atoms in total. The Hall–Kier alpha value is -1.13. The highest BCUT2D eigenvalue weighted by molar-refractivity contribution is 5.50. The number of anilines is 1. The van der Waals surface area contributed by atoms with Gasteiger partial charge >= 0.3 is 0 Å². The third-order valence-corrected chi connectivity index (χ3v) is 3.58. The summed E-state index contributed by atoms with van der Waals surface area (Å²) in [5, 5.41) is 12.8. The maximum absolute atomic E-state index is 9.26. The lowest BCUT2D eigenvalue weighted by molar-refractivity contribution is 0.301. The number of aliphatic hydroxyl groups excluding tert-OH is 1. The van der Waals surface area contributed by atoms with Gasteiger partial charge < -0.3 is 15.3 Å². The van der Waals surface area contributed by atoms with Gasteiger partial charge in [-0.15, -0.1) is 0 Å². The molecule has 0 aromatic carbocycles. The first-order valence-electron chi connectivity index (χ1n) is 7.33. The van der Waals surface area contributed by atoms with Crippen LogP contribution in [-0.4, -0.2) is 35.8 Å². The quantitative estimate of drug-likeness (QED) is 0.754. The van der Waals surface area contributed by atoms with E-state index in [4.69, 9.17) is 0 Å². The van der Waals surface area contributed by atoms with Gasteiger partial charge in [-0.2, -0.15) is 0 Å². The summed E-state index contributed by atoms with van der Waals surface area (Å²) < 4.78 is 0. The van der Waals surface area contributed by atoms with Gasteiger partial charge in [-0.1, -0.05) is 13.0 Å². The van der Waals surface area contributed by atoms with E-state index in [0.29, 0.717) is 18.6 Å². The van der Waals surface area contributed by atoms with Crippen molar-refractivity contribution in [3.63, 3.8) is 0 Å². The largest absolute Gasteiger partial charge is 0.395 e. The Balaban J connectivity index is 2.18. The van der Waals surface area contributed by atoms with Crippen molar-refractivity contribution in [1.82, 2.24) is 10.3 Å². The number of aliphatic hydroxyl groups is 1. The highest BCUT2D eigenvalue weighted by Gasteiger charge is 2.31. The zero-order valence-electron chi connectivity index (χ0n) is 12.0. The molecule has 1 aromatic rings. The SMILES string of the molecule is CCCNC(C)c1cccnc1N(CCO)C1CC1. The summed E-state index contributed by atoms with van der Waals surface area (Å²) in [7, 11) is 0. The average molecular weight is 263 g/mol. The molecule has 1 heterocycles. The predicted octanol–water partition coefficient (Wildman–Crippen LogP) is 2.10. The fourth-order valence-corrected chi connectivity index (χ4v) is 2.41. The molecule has 0 saturated heterocycles. The van der Waals surface area contributed by atoms with Gasteiger partial charge in [0.1, 0.15) is 5.82 Å². The first-order valence-corrected chi connectivity index (χ1v) is 7.33. The van der Waals surface area contributed by atoms with Crippen LogP contribution >= 0.6 is 0 Å². The molecular weight excluding hydrogens is 238 g/mol. The first-order chi connectivity index (χ1) is 9.27. The molecule has 1 aliphatic carbocycles. The number of hydrogen-bond donors (Lipinski definition) is 2. The zero-order valence-corrected chi connectivity index (χ0v) is 12.0. The highest BCUT2D eigenvalue weighted by atomic mass is 16.3. The fraction of sp³-hybridized carbons (Fsp3) is 0.667. The summed E-state index contributed by atoms with van der Waals surface area (Å²) in [5.74, 6) is 1.04. The predicted molar refractivity (Wildman–Crippen MR) is 78.4 cm³/mol. The van der Waals surface area contributed by atoms with Crippen molar-refractivity contribution in [2.75, 3.05) is 24.6 Å². The van der Waals surface area contributed by atoms with Crippen LogP contribution in [0.5, 0.6) is 0 Å². The van der Waals surface area contributed by atoms with E-state index < -0.39 is 0 Å². The van der Waals surface area contributed by atoms with Crippen LogP contribution in [0.2, 0.25) is 0 Å². The van der Waals surface area contributed by atoms with Gasteiger partial charge in [0.05, 0.1) is 6.61 Å². The van der Waals surface area contributed by atoms with E-state index >= 15 is 0 Å². The molecule has 106 valence electrons. The van der Waals surface area contributed by atoms with Gasteiger partial charge in [0, 0.05) is 30.4 Å². The van der Waals surface area contributed by atoms with Crippen molar-refractivity contribution in [3.05, 3.63) is 23.9 Å². The van der Waals surface area contributed by atoms with Crippen molar-refractivity contribution in [2.45, 2.75) is 45.2 Å². The van der Waals surface area contributed by atoms with Crippen LogP contribution in [0.4, 0.5) is 5.82 Å². The van der Waals surface area contributed by atoms with E-state index in [-0.39, 0.29) is 6.61 Å². The van der Waals surface area contributed by atoms with Gasteiger partial charge in [-0.3, -0.25) is 0 Å². The van der Waals surface area contributed by atoms with E-state index in [2.05, 4.69) is 35.1 Å². The summed E-state index contributed by atoms with van der Waals surface area (Å²) in [6.45, 7) is 6.23. The average Bonchev–Trinajstić information content (AvgIpc) is 3.26. The molecule has 0 spiro atoms. The number of rotatable bonds is 8. The molecule has 1 atom stereocenters. The van der Waals surface area contributed by atoms with Crippen LogP contribution in [0.15, 0.2) is 18.3 Å². The number of pyridine rings is 1. The normalized spacial score (nSPS) is 16.4. The molecule has 0 bridgehead atoms. The van der Waals surface area contributed by atoms with Crippen LogP contribution in [-0.2, 0) is 0 Å². The van der Waals surface area contributed by atoms with Crippen molar-refractivity contribution in [2.24, 2.45) is 0 Å². The minimum absolute atomic E-state index is 0.184. The number of nitrogens with one attached hydrogen (secondary N) is 1. The summed E-state index contributed by atoms with van der Waals surface area (Å²) >= 11 is 0. The van der Waals surface area contributed by atoms with Crippen molar-refractivity contribution >= 4 is 5.82 Å². The van der Waals surface area contributed by atoms with Crippen molar-refractivity contribution in [1.29, 1.82) is 0 Å². The molecular formula is C15H25N3O. The number of aromatic nitrogens is 1. The number of hydrogen-bond acceptors (Lipinski definition) is 4. The minimum Gasteiger partial charge on any atom is -0.395 e. The Bertz CT molecular complexity index is 393. The topological polar surface area (TPSA) is 48.4 Å². The molecule has 2 rings (SSSR count). The molecule has 4 heteroatoms. The van der Waals surface area contributed by atoms with E-state index in [0.717, 1.165) is 18.8 Å². The molecule has 0 amide bonds. The standard InChI is InChI=1S/C15H25N3O/c1-3-8-16-12(2)14-5-4-9-17-15(14)18(10-11-19)13-6-7-13/h4-5,9,12-13,16,19H,3,6-8,10-11H2,1-2H3. The van der Waals surface area contributed by atoms with Crippen LogP contribution in [0.25, 0.3) is 0 Å². The van der Waals surface area contributed by atoms with Gasteiger partial charge in [-0.25, -0.2) is 4.98 Å². The summed E-state index contributed by atoms with van der Waals surface area (Å²) in [5.41, 5.74) is 1.23. The Morgan fingerprint density at radius 1 is 1.53 bits per heavy atom. The highest BCUT2D eigenvalue weighted by Crippen LogP contribution is 2.33. The van der Waals surface area contributed by atoms with Gasteiger partial charge in [0.15, 0.2) is 0 Å². The molecule has 0 aliphatic heterocycles. The van der Waals surface area contributed by atoms with E-state index in [9.17, 15) is 5.11 Å². The summed E-state index contributed by atoms with van der Waals surface area (Å²) in [6.07, 6.45) is 5.40. The lowest BCUT2D eigenvalue weighted by atomic mass is 10.1. The monoisotopic (exact) mass is 263 g/mol. The molecule has 1 aromatic heterocycles. The van der Waals surface area contributed by atoms with Crippen molar-refractivity contribution in [3.8, 4) is 0 Å². The molecule has 19 heavy (non-hydrogen) atoms. The maximum atomic E-state index is 9.26. The van der Waals surface area contributed by atoms with E-state index in [1.165, 1.54) is 18.4 Å². The second-order valence-electron chi connectivity index (χ2n) is 5.24. The van der Waals surface area contributed by atoms with Crippen LogP contribution in [0, 0.1) is 0 Å². The van der Waals surface area contributed by atoms with Crippen LogP contribution < -0.4 is 10.2 Å². The molecule has 0 radical (unpaired) electrons. The molecule has 1 saturated carbocycles. The van der Waals surface area contributed by atoms with Crippen molar-refractivity contribution < 1.29 is 5.11 Å². The second-order valence-corrected chi connectivity index (χ2v) is 5.24. The Labute approximate surface area is 115 Å². The Kier molecular flexibility index (Phi) is 5.16. The molecule has 1 aliphatic rings. The zero-order chi connectivity index (χ0) is 13.7. The smallest absolute Gasteiger partial charge is 0.133 e. The summed E-state index contributed by atoms with van der Waals surface area (Å²) in [4.78, 5) is 6.83. The van der Waals surface area contributed by atoms with Gasteiger partial charge in [-0.05, 0) is 38.8 Å². The Morgan fingerprint density at radius 3 is 2.95 bits per heavy atom. The Morgan fingerprint density at radius 2 is 2.32 bits per heavy atom. The van der Waals surface area contributed by atoms with Crippen LogP contribution in [0.3, 0.4) is 0 Å². The van der Waals surface area contributed by atoms with E-state index in [1.807, 2.05) is 12.3 Å². The molecule has 1 unspecified atom stereocenters. The molecule has 1 fully saturated rings. The number of nitrogens with zero attached hydrogens (tertiary/aromatic N) is 2. The lowest BCUT2D eigenvalue weighted by Gasteiger charge is -2.27. The van der Waals surface area contributed by atoms with Crippen LogP contribution in [0.1, 0.15) is 44.7 Å². The van der Waals surface area contributed by atoms with Gasteiger partial charge in [0.25, 0.3) is 0 Å². The third-order valence-electron chi connectivity index (χ3n) is 3.58. The molecule has 2 N–H and O–H groups in total. The minimum atomic E-state index is 0.184. The lowest BCUT2D eigenvalue weighted by Crippen LogP contribution is -2.32. The first kappa shape index (κ1) is 14.3. The third kappa shape index (κ3) is 3.67.